The molecule has 4 nitrogen and oxygen atoms in total. The lowest BCUT2D eigenvalue weighted by Gasteiger charge is -2.00. The summed E-state index contributed by atoms with van der Waals surface area (Å²) in [7, 11) is 0. The lowest BCUT2D eigenvalue weighted by Crippen LogP contribution is -1.93. The summed E-state index contributed by atoms with van der Waals surface area (Å²) < 4.78 is 0. The van der Waals surface area contributed by atoms with Gasteiger partial charge in [-0.25, -0.2) is 0 Å². The quantitative estimate of drug-likeness (QED) is 0.422. The Morgan fingerprint density at radius 2 is 2.23 bits per heavy atom. The van der Waals surface area contributed by atoms with Crippen molar-refractivity contribution in [2.45, 2.75) is 11.8 Å². The van der Waals surface area contributed by atoms with Crippen LogP contribution >= 0.6 is 12.6 Å². The van der Waals surface area contributed by atoms with E-state index in [1.54, 1.807) is 6.92 Å². The van der Waals surface area contributed by atoms with E-state index in [0.717, 1.165) is 0 Å². The first kappa shape index (κ1) is 9.55. The van der Waals surface area contributed by atoms with Gasteiger partial charge in [0.25, 0.3) is 5.69 Å². The van der Waals surface area contributed by atoms with Crippen molar-refractivity contribution in [1.29, 1.82) is 5.26 Å². The van der Waals surface area contributed by atoms with Gasteiger partial charge in [0.2, 0.25) is 0 Å². The number of benzene rings is 1. The number of nitro benzene ring substituents is 1. The lowest BCUT2D eigenvalue weighted by atomic mass is 10.1. The van der Waals surface area contributed by atoms with Crippen molar-refractivity contribution in [2.75, 3.05) is 0 Å². The van der Waals surface area contributed by atoms with Crippen molar-refractivity contribution in [3.63, 3.8) is 0 Å². The van der Waals surface area contributed by atoms with Crippen molar-refractivity contribution < 1.29 is 4.92 Å². The molecule has 0 heterocycles. The number of nitriles is 1. The summed E-state index contributed by atoms with van der Waals surface area (Å²) in [5, 5.41) is 19.1. The van der Waals surface area contributed by atoms with Gasteiger partial charge in [-0.15, -0.1) is 12.6 Å². The van der Waals surface area contributed by atoms with Gasteiger partial charge in [0.1, 0.15) is 11.0 Å². The normalized spacial score (nSPS) is 9.31. The first-order chi connectivity index (χ1) is 6.07. The minimum absolute atomic E-state index is 0.132. The second-order valence-corrected chi connectivity index (χ2v) is 2.94. The molecule has 0 saturated heterocycles. The lowest BCUT2D eigenvalue weighted by molar-refractivity contribution is -0.387. The van der Waals surface area contributed by atoms with E-state index in [9.17, 15) is 10.1 Å². The van der Waals surface area contributed by atoms with Gasteiger partial charge in [-0.1, -0.05) is 6.07 Å². The second-order valence-electron chi connectivity index (χ2n) is 2.49. The Labute approximate surface area is 80.4 Å². The Balaban J connectivity index is 3.47. The molecule has 0 unspecified atom stereocenters. The van der Waals surface area contributed by atoms with Gasteiger partial charge in [0.15, 0.2) is 0 Å². The van der Waals surface area contributed by atoms with Crippen molar-refractivity contribution in [3.8, 4) is 6.07 Å². The van der Waals surface area contributed by atoms with E-state index in [0.29, 0.717) is 5.56 Å². The highest BCUT2D eigenvalue weighted by Crippen LogP contribution is 2.27. The van der Waals surface area contributed by atoms with Crippen LogP contribution in [0.5, 0.6) is 0 Å². The molecule has 0 aromatic heterocycles. The van der Waals surface area contributed by atoms with Crippen LogP contribution in [0.4, 0.5) is 5.69 Å². The molecule has 0 bridgehead atoms. The third kappa shape index (κ3) is 1.63. The summed E-state index contributed by atoms with van der Waals surface area (Å²) in [5.74, 6) is 0. The summed E-state index contributed by atoms with van der Waals surface area (Å²) >= 11 is 3.94. The van der Waals surface area contributed by atoms with Crippen molar-refractivity contribution in [2.24, 2.45) is 0 Å². The number of hydrogen-bond acceptors (Lipinski definition) is 4. The van der Waals surface area contributed by atoms with Gasteiger partial charge in [0.05, 0.1) is 10.5 Å². The molecule has 1 aromatic carbocycles. The zero-order valence-electron chi connectivity index (χ0n) is 6.81. The van der Waals surface area contributed by atoms with Crippen LogP contribution in [0.15, 0.2) is 17.0 Å². The Kier molecular flexibility index (Phi) is 2.54. The first-order valence-corrected chi connectivity index (χ1v) is 3.89. The molecule has 0 aliphatic carbocycles. The zero-order valence-corrected chi connectivity index (χ0v) is 7.71. The summed E-state index contributed by atoms with van der Waals surface area (Å²) in [6.45, 7) is 1.71. The fourth-order valence-corrected chi connectivity index (χ4v) is 1.35. The molecule has 0 aliphatic heterocycles. The smallest absolute Gasteiger partial charge is 0.258 e. The highest BCUT2D eigenvalue weighted by atomic mass is 32.1. The molecule has 0 radical (unpaired) electrons. The van der Waals surface area contributed by atoms with Crippen LogP contribution in [0.2, 0.25) is 0 Å². The molecule has 1 aromatic rings. The van der Waals surface area contributed by atoms with Gasteiger partial charge in [-0.2, -0.15) is 5.26 Å². The fourth-order valence-electron chi connectivity index (χ4n) is 0.969. The summed E-state index contributed by atoms with van der Waals surface area (Å²) in [6.07, 6.45) is 0. The minimum atomic E-state index is -0.553. The standard InChI is InChI=1S/C8H6N2O2S/c1-5-2-3-7(10(11)12)8(13)6(5)4-9/h2-3,13H,1H3. The summed E-state index contributed by atoms with van der Waals surface area (Å²) in [5.41, 5.74) is 0.820. The van der Waals surface area contributed by atoms with Crippen LogP contribution in [0.3, 0.4) is 0 Å². The third-order valence-corrected chi connectivity index (χ3v) is 2.13. The van der Waals surface area contributed by atoms with E-state index < -0.39 is 4.92 Å². The largest absolute Gasteiger partial charge is 0.283 e. The Hall–Kier alpha value is -1.54. The van der Waals surface area contributed by atoms with E-state index in [1.165, 1.54) is 12.1 Å². The van der Waals surface area contributed by atoms with Crippen LogP contribution in [0, 0.1) is 28.4 Å². The maximum atomic E-state index is 10.4. The highest BCUT2D eigenvalue weighted by molar-refractivity contribution is 7.80. The number of thiol groups is 1. The monoisotopic (exact) mass is 194 g/mol. The maximum absolute atomic E-state index is 10.4. The number of aryl methyl sites for hydroxylation is 1. The molecule has 0 amide bonds. The molecule has 0 aliphatic rings. The summed E-state index contributed by atoms with van der Waals surface area (Å²) in [6, 6.07) is 4.76. The maximum Gasteiger partial charge on any atom is 0.283 e. The van der Waals surface area contributed by atoms with E-state index >= 15 is 0 Å². The minimum Gasteiger partial charge on any atom is -0.258 e. The molecular formula is C8H6N2O2S. The van der Waals surface area contributed by atoms with Crippen LogP contribution in [0.25, 0.3) is 0 Å². The number of nitrogens with zero attached hydrogens (tertiary/aromatic N) is 2. The van der Waals surface area contributed by atoms with Crippen molar-refractivity contribution in [3.05, 3.63) is 33.4 Å². The molecular weight excluding hydrogens is 188 g/mol. The van der Waals surface area contributed by atoms with Gasteiger partial charge in [-0.05, 0) is 12.5 Å². The van der Waals surface area contributed by atoms with Crippen LogP contribution < -0.4 is 0 Å². The molecule has 5 heteroatoms. The summed E-state index contributed by atoms with van der Waals surface area (Å²) in [4.78, 5) is 10.0. The molecule has 66 valence electrons. The van der Waals surface area contributed by atoms with Gasteiger partial charge >= 0.3 is 0 Å². The van der Waals surface area contributed by atoms with E-state index in [4.69, 9.17) is 5.26 Å². The predicted octanol–water partition coefficient (Wildman–Crippen LogP) is 2.06. The zero-order chi connectivity index (χ0) is 10.0. The average Bonchev–Trinajstić information content (AvgIpc) is 2.04. The highest BCUT2D eigenvalue weighted by Gasteiger charge is 2.15. The topological polar surface area (TPSA) is 66.9 Å². The fraction of sp³-hybridized carbons (Fsp3) is 0.125. The number of nitro groups is 1. The SMILES string of the molecule is Cc1ccc([N+](=O)[O-])c(S)c1C#N. The van der Waals surface area contributed by atoms with E-state index in [2.05, 4.69) is 12.6 Å². The van der Waals surface area contributed by atoms with Crippen LogP contribution in [0.1, 0.15) is 11.1 Å². The molecule has 0 atom stereocenters. The molecule has 0 saturated carbocycles. The van der Waals surface area contributed by atoms with Crippen molar-refractivity contribution >= 4 is 18.3 Å². The molecule has 0 N–H and O–H groups in total. The van der Waals surface area contributed by atoms with E-state index in [1.807, 2.05) is 6.07 Å². The Morgan fingerprint density at radius 1 is 1.62 bits per heavy atom. The third-order valence-electron chi connectivity index (χ3n) is 1.67. The van der Waals surface area contributed by atoms with Crippen LogP contribution in [-0.2, 0) is 0 Å². The predicted molar refractivity (Wildman–Crippen MR) is 49.8 cm³/mol. The van der Waals surface area contributed by atoms with Crippen LogP contribution in [-0.4, -0.2) is 4.92 Å². The van der Waals surface area contributed by atoms with Gasteiger partial charge in [0, 0.05) is 6.07 Å². The Bertz CT molecular complexity index is 409. The van der Waals surface area contributed by atoms with E-state index in [-0.39, 0.29) is 16.1 Å². The number of rotatable bonds is 1. The van der Waals surface area contributed by atoms with Gasteiger partial charge < -0.3 is 0 Å². The Morgan fingerprint density at radius 3 is 2.69 bits per heavy atom. The number of hydrogen-bond donors (Lipinski definition) is 1. The average molecular weight is 194 g/mol. The first-order valence-electron chi connectivity index (χ1n) is 3.45. The molecule has 1 rings (SSSR count). The second kappa shape index (κ2) is 3.46. The molecule has 0 spiro atoms. The molecule has 0 fully saturated rings. The van der Waals surface area contributed by atoms with Gasteiger partial charge in [-0.3, -0.25) is 10.1 Å². The van der Waals surface area contributed by atoms with Crippen molar-refractivity contribution in [1.82, 2.24) is 0 Å². The molecule has 13 heavy (non-hydrogen) atoms.